The summed E-state index contributed by atoms with van der Waals surface area (Å²) in [6.07, 6.45) is 8.51. The van der Waals surface area contributed by atoms with Gasteiger partial charge in [0, 0.05) is 18.0 Å². The minimum Gasteiger partial charge on any atom is -0.332 e. The molecule has 5 heteroatoms. The van der Waals surface area contributed by atoms with E-state index in [9.17, 15) is 0 Å². The van der Waals surface area contributed by atoms with E-state index in [1.807, 2.05) is 35.5 Å². The van der Waals surface area contributed by atoms with E-state index in [0.29, 0.717) is 6.04 Å². The van der Waals surface area contributed by atoms with Gasteiger partial charge in [0.15, 0.2) is 0 Å². The van der Waals surface area contributed by atoms with Gasteiger partial charge < -0.3 is 9.88 Å². The second-order valence-corrected chi connectivity index (χ2v) is 6.15. The molecule has 4 nitrogen and oxygen atoms in total. The van der Waals surface area contributed by atoms with Crippen LogP contribution in [-0.4, -0.2) is 21.1 Å². The summed E-state index contributed by atoms with van der Waals surface area (Å²) in [6, 6.07) is 0.503. The number of nitrogens with one attached hydrogen (secondary N) is 1. The normalized spacial score (nSPS) is 18.5. The highest BCUT2D eigenvalue weighted by atomic mass is 32.1. The Morgan fingerprint density at radius 3 is 3.16 bits per heavy atom. The number of thiazole rings is 1. The molecule has 1 unspecified atom stereocenters. The summed E-state index contributed by atoms with van der Waals surface area (Å²) in [7, 11) is 2.02. The molecule has 1 N–H and O–H groups in total. The number of hydrogen-bond acceptors (Lipinski definition) is 4. The molecule has 3 rings (SSSR count). The van der Waals surface area contributed by atoms with Crippen LogP contribution in [0.25, 0.3) is 10.7 Å². The van der Waals surface area contributed by atoms with Crippen LogP contribution >= 0.6 is 11.3 Å². The van der Waals surface area contributed by atoms with Gasteiger partial charge >= 0.3 is 0 Å². The van der Waals surface area contributed by atoms with Crippen LogP contribution in [0, 0.1) is 0 Å². The summed E-state index contributed by atoms with van der Waals surface area (Å²) in [5, 5.41) is 4.76. The van der Waals surface area contributed by atoms with Crippen LogP contribution in [0.1, 0.15) is 42.8 Å². The molecule has 1 atom stereocenters. The molecule has 0 radical (unpaired) electrons. The molecule has 0 aromatic carbocycles. The zero-order chi connectivity index (χ0) is 13.2. The minimum atomic E-state index is 0.503. The first-order valence-electron chi connectivity index (χ1n) is 6.99. The number of imidazole rings is 1. The molecular formula is C14H20N4S. The van der Waals surface area contributed by atoms with E-state index in [1.54, 1.807) is 0 Å². The third-order valence-electron chi connectivity index (χ3n) is 3.63. The molecule has 0 saturated heterocycles. The van der Waals surface area contributed by atoms with E-state index >= 15 is 0 Å². The molecule has 1 aliphatic rings. The van der Waals surface area contributed by atoms with Crippen molar-refractivity contribution >= 4 is 11.3 Å². The Morgan fingerprint density at radius 2 is 2.42 bits per heavy atom. The lowest BCUT2D eigenvalue weighted by atomic mass is 9.98. The first-order valence-corrected chi connectivity index (χ1v) is 7.81. The van der Waals surface area contributed by atoms with Crippen molar-refractivity contribution in [1.82, 2.24) is 19.9 Å². The molecule has 0 saturated carbocycles. The Labute approximate surface area is 117 Å². The zero-order valence-electron chi connectivity index (χ0n) is 11.5. The fourth-order valence-corrected chi connectivity index (χ4v) is 3.88. The second kappa shape index (κ2) is 5.43. The molecule has 2 aromatic rings. The molecule has 0 aliphatic heterocycles. The number of fused-ring (bicyclic) bond motifs is 1. The van der Waals surface area contributed by atoms with Crippen molar-refractivity contribution in [2.24, 2.45) is 7.05 Å². The van der Waals surface area contributed by atoms with Crippen molar-refractivity contribution in [3.05, 3.63) is 23.1 Å². The van der Waals surface area contributed by atoms with Crippen molar-refractivity contribution in [3.63, 3.8) is 0 Å². The Hall–Kier alpha value is -1.20. The van der Waals surface area contributed by atoms with E-state index in [2.05, 4.69) is 17.2 Å². The zero-order valence-corrected chi connectivity index (χ0v) is 12.3. The van der Waals surface area contributed by atoms with Gasteiger partial charge in [-0.25, -0.2) is 9.97 Å². The summed E-state index contributed by atoms with van der Waals surface area (Å²) < 4.78 is 2.04. The van der Waals surface area contributed by atoms with E-state index < -0.39 is 0 Å². The van der Waals surface area contributed by atoms with Crippen molar-refractivity contribution in [1.29, 1.82) is 0 Å². The van der Waals surface area contributed by atoms with Gasteiger partial charge in [0.25, 0.3) is 0 Å². The highest BCUT2D eigenvalue weighted by molar-refractivity contribution is 7.15. The summed E-state index contributed by atoms with van der Waals surface area (Å²) in [5.41, 5.74) is 2.41. The summed E-state index contributed by atoms with van der Waals surface area (Å²) in [4.78, 5) is 10.5. The Balaban J connectivity index is 1.91. The number of nitrogens with zero attached hydrogens (tertiary/aromatic N) is 3. The van der Waals surface area contributed by atoms with Gasteiger partial charge in [-0.1, -0.05) is 6.92 Å². The third kappa shape index (κ3) is 2.44. The maximum Gasteiger partial charge on any atom is 0.142 e. The predicted molar refractivity (Wildman–Crippen MR) is 78.3 cm³/mol. The van der Waals surface area contributed by atoms with Gasteiger partial charge in [0.1, 0.15) is 5.01 Å². The Morgan fingerprint density at radius 1 is 1.53 bits per heavy atom. The lowest BCUT2D eigenvalue weighted by Gasteiger charge is -2.22. The Bertz CT molecular complexity index is 558. The van der Waals surface area contributed by atoms with E-state index in [1.165, 1.54) is 29.8 Å². The van der Waals surface area contributed by atoms with Crippen molar-refractivity contribution in [2.75, 3.05) is 6.54 Å². The topological polar surface area (TPSA) is 42.7 Å². The average molecular weight is 276 g/mol. The highest BCUT2D eigenvalue weighted by Crippen LogP contribution is 2.37. The van der Waals surface area contributed by atoms with Gasteiger partial charge in [-0.2, -0.15) is 0 Å². The number of rotatable bonds is 4. The maximum absolute atomic E-state index is 4.83. The molecular weight excluding hydrogens is 256 g/mol. The van der Waals surface area contributed by atoms with Crippen LogP contribution in [-0.2, 0) is 13.5 Å². The van der Waals surface area contributed by atoms with Crippen LogP contribution in [0.4, 0.5) is 0 Å². The van der Waals surface area contributed by atoms with Gasteiger partial charge in [-0.05, 0) is 32.2 Å². The molecule has 2 aromatic heterocycles. The number of aromatic nitrogens is 3. The van der Waals surface area contributed by atoms with Crippen molar-refractivity contribution in [3.8, 4) is 10.7 Å². The second-order valence-electron chi connectivity index (χ2n) is 5.12. The van der Waals surface area contributed by atoms with Crippen LogP contribution in [0.3, 0.4) is 0 Å². The quantitative estimate of drug-likeness (QED) is 0.933. The molecule has 0 spiro atoms. The van der Waals surface area contributed by atoms with Gasteiger partial charge in [0.2, 0.25) is 0 Å². The highest BCUT2D eigenvalue weighted by Gasteiger charge is 2.24. The smallest absolute Gasteiger partial charge is 0.142 e. The lowest BCUT2D eigenvalue weighted by molar-refractivity contribution is 0.465. The predicted octanol–water partition coefficient (Wildman–Crippen LogP) is 2.92. The third-order valence-corrected chi connectivity index (χ3v) is 4.86. The number of hydrogen-bond donors (Lipinski definition) is 1. The van der Waals surface area contributed by atoms with E-state index in [0.717, 1.165) is 23.7 Å². The minimum absolute atomic E-state index is 0.503. The Kier molecular flexibility index (Phi) is 3.66. The largest absolute Gasteiger partial charge is 0.332 e. The molecule has 102 valence electrons. The van der Waals surface area contributed by atoms with Crippen molar-refractivity contribution < 1.29 is 0 Å². The SMILES string of the molecule is CCCNC1CCCc2nc(-c3cncn3C)sc21. The number of aryl methyl sites for hydroxylation is 2. The monoisotopic (exact) mass is 276 g/mol. The first kappa shape index (κ1) is 12.8. The summed E-state index contributed by atoms with van der Waals surface area (Å²) in [5.74, 6) is 0. The molecule has 1 aliphatic carbocycles. The summed E-state index contributed by atoms with van der Waals surface area (Å²) in [6.45, 7) is 3.30. The van der Waals surface area contributed by atoms with Gasteiger partial charge in [-0.3, -0.25) is 0 Å². The van der Waals surface area contributed by atoms with Crippen molar-refractivity contribution in [2.45, 2.75) is 38.6 Å². The molecule has 0 fully saturated rings. The average Bonchev–Trinajstić information content (AvgIpc) is 3.01. The molecule has 0 bridgehead atoms. The van der Waals surface area contributed by atoms with Crippen LogP contribution in [0.15, 0.2) is 12.5 Å². The van der Waals surface area contributed by atoms with E-state index in [-0.39, 0.29) is 0 Å². The summed E-state index contributed by atoms with van der Waals surface area (Å²) >= 11 is 1.83. The van der Waals surface area contributed by atoms with E-state index in [4.69, 9.17) is 4.98 Å². The fraction of sp³-hybridized carbons (Fsp3) is 0.571. The van der Waals surface area contributed by atoms with Crippen LogP contribution in [0.5, 0.6) is 0 Å². The lowest BCUT2D eigenvalue weighted by Crippen LogP contribution is -2.24. The fourth-order valence-electron chi connectivity index (χ4n) is 2.61. The maximum atomic E-state index is 4.83. The molecule has 19 heavy (non-hydrogen) atoms. The first-order chi connectivity index (χ1) is 9.29. The van der Waals surface area contributed by atoms with Gasteiger partial charge in [-0.15, -0.1) is 11.3 Å². The standard InChI is InChI=1S/C14H20N4S/c1-3-7-16-10-5-4-6-11-13(10)19-14(17-11)12-8-15-9-18(12)2/h8-10,16H,3-7H2,1-2H3. The molecule has 2 heterocycles. The van der Waals surface area contributed by atoms with Crippen LogP contribution < -0.4 is 5.32 Å². The van der Waals surface area contributed by atoms with Gasteiger partial charge in [0.05, 0.1) is 23.9 Å². The van der Waals surface area contributed by atoms with Crippen LogP contribution in [0.2, 0.25) is 0 Å². The molecule has 0 amide bonds.